The molecule has 1 saturated heterocycles. The van der Waals surface area contributed by atoms with E-state index >= 15 is 0 Å². The van der Waals surface area contributed by atoms with Crippen molar-refractivity contribution in [3.05, 3.63) is 17.0 Å². The maximum Gasteiger partial charge on any atom is 0.234 e. The maximum absolute atomic E-state index is 12.2. The molecule has 2 heterocycles. The Labute approximate surface area is 144 Å². The summed E-state index contributed by atoms with van der Waals surface area (Å²) >= 11 is 0. The molecule has 1 N–H and O–H groups in total. The van der Waals surface area contributed by atoms with Crippen molar-refractivity contribution in [2.75, 3.05) is 25.1 Å². The van der Waals surface area contributed by atoms with E-state index in [1.807, 2.05) is 23.4 Å². The summed E-state index contributed by atoms with van der Waals surface area (Å²) in [4.78, 5) is 14.0. The van der Waals surface area contributed by atoms with Gasteiger partial charge in [-0.2, -0.15) is 5.10 Å². The summed E-state index contributed by atoms with van der Waals surface area (Å²) in [6.07, 6.45) is 0.603. The second kappa shape index (κ2) is 7.23. The van der Waals surface area contributed by atoms with Gasteiger partial charge >= 0.3 is 0 Å². The van der Waals surface area contributed by atoms with Gasteiger partial charge in [-0.05, 0) is 41.2 Å². The van der Waals surface area contributed by atoms with E-state index in [9.17, 15) is 13.2 Å². The van der Waals surface area contributed by atoms with Crippen LogP contribution in [0, 0.1) is 13.8 Å². The number of likely N-dealkylation sites (N-methyl/N-ethyl adjacent to an activating group) is 1. The molecule has 1 unspecified atom stereocenters. The minimum atomic E-state index is -2.93. The third kappa shape index (κ3) is 4.36. The first-order chi connectivity index (χ1) is 11.1. The number of sulfone groups is 1. The number of carbonyl (C=O) groups is 1. The number of amides is 1. The summed E-state index contributed by atoms with van der Waals surface area (Å²) in [5.41, 5.74) is 3.04. The third-order valence-corrected chi connectivity index (χ3v) is 6.40. The van der Waals surface area contributed by atoms with E-state index in [2.05, 4.69) is 24.3 Å². The molecule has 136 valence electrons. The first-order valence-electron chi connectivity index (χ1n) is 8.32. The van der Waals surface area contributed by atoms with Crippen molar-refractivity contribution in [2.45, 2.75) is 52.7 Å². The van der Waals surface area contributed by atoms with Crippen molar-refractivity contribution in [3.8, 4) is 0 Å². The van der Waals surface area contributed by atoms with Gasteiger partial charge in [0.15, 0.2) is 9.84 Å². The van der Waals surface area contributed by atoms with Crippen molar-refractivity contribution < 1.29 is 13.2 Å². The average molecular weight is 356 g/mol. The zero-order valence-corrected chi connectivity index (χ0v) is 16.0. The number of aromatic nitrogens is 2. The van der Waals surface area contributed by atoms with Crippen LogP contribution >= 0.6 is 0 Å². The van der Waals surface area contributed by atoms with Crippen molar-refractivity contribution in [1.82, 2.24) is 20.0 Å². The van der Waals surface area contributed by atoms with Gasteiger partial charge in [0.25, 0.3) is 0 Å². The minimum Gasteiger partial charge on any atom is -0.351 e. The lowest BCUT2D eigenvalue weighted by molar-refractivity contribution is -0.122. The molecule has 1 amide bonds. The Bertz CT molecular complexity index is 709. The standard InChI is InChI=1S/C16H28N4O3S/c1-11(2)20-13(4)15(12(3)18-20)8-17-16(21)9-19(5)14-6-7-24(22,23)10-14/h11,14H,6-10H2,1-5H3,(H,17,21). The van der Waals surface area contributed by atoms with Gasteiger partial charge in [0.1, 0.15) is 0 Å². The van der Waals surface area contributed by atoms with Crippen LogP contribution in [-0.2, 0) is 21.2 Å². The summed E-state index contributed by atoms with van der Waals surface area (Å²) < 4.78 is 25.0. The van der Waals surface area contributed by atoms with E-state index in [-0.39, 0.29) is 36.0 Å². The summed E-state index contributed by atoms with van der Waals surface area (Å²) in [5, 5.41) is 7.44. The van der Waals surface area contributed by atoms with Gasteiger partial charge in [0.05, 0.1) is 23.7 Å². The molecular formula is C16H28N4O3S. The summed E-state index contributed by atoms with van der Waals surface area (Å²) in [6, 6.07) is 0.219. The molecule has 1 aromatic heterocycles. The first kappa shape index (κ1) is 18.9. The van der Waals surface area contributed by atoms with E-state index in [0.717, 1.165) is 17.0 Å². The lowest BCUT2D eigenvalue weighted by Crippen LogP contribution is -2.41. The fourth-order valence-electron chi connectivity index (χ4n) is 3.18. The highest BCUT2D eigenvalue weighted by Crippen LogP contribution is 2.18. The summed E-state index contributed by atoms with van der Waals surface area (Å²) in [5.74, 6) is 0.268. The SMILES string of the molecule is Cc1nn(C(C)C)c(C)c1CNC(=O)CN(C)C1CCS(=O)(=O)C1. The van der Waals surface area contributed by atoms with Crippen LogP contribution in [-0.4, -0.2) is 60.1 Å². The van der Waals surface area contributed by atoms with Crippen LogP contribution in [0.3, 0.4) is 0 Å². The number of nitrogens with zero attached hydrogens (tertiary/aromatic N) is 3. The van der Waals surface area contributed by atoms with Gasteiger partial charge < -0.3 is 5.32 Å². The number of hydrogen-bond acceptors (Lipinski definition) is 5. The van der Waals surface area contributed by atoms with Crippen molar-refractivity contribution in [1.29, 1.82) is 0 Å². The summed E-state index contributed by atoms with van der Waals surface area (Å²) in [7, 11) is -1.13. The van der Waals surface area contributed by atoms with Crippen LogP contribution < -0.4 is 5.32 Å². The molecule has 0 spiro atoms. The van der Waals surface area contributed by atoms with Gasteiger partial charge in [-0.15, -0.1) is 0 Å². The van der Waals surface area contributed by atoms with E-state index in [4.69, 9.17) is 0 Å². The normalized spacial score (nSPS) is 20.0. The number of rotatable bonds is 6. The Morgan fingerprint density at radius 3 is 2.58 bits per heavy atom. The molecule has 0 radical (unpaired) electrons. The van der Waals surface area contributed by atoms with Crippen molar-refractivity contribution >= 4 is 15.7 Å². The van der Waals surface area contributed by atoms with Gasteiger partial charge in [-0.3, -0.25) is 14.4 Å². The molecule has 0 bridgehead atoms. The van der Waals surface area contributed by atoms with E-state index in [1.165, 1.54) is 0 Å². The van der Waals surface area contributed by atoms with Gasteiger partial charge in [-0.1, -0.05) is 0 Å². The van der Waals surface area contributed by atoms with Gasteiger partial charge in [0.2, 0.25) is 5.91 Å². The lowest BCUT2D eigenvalue weighted by Gasteiger charge is -2.22. The minimum absolute atomic E-state index is 0.0621. The highest BCUT2D eigenvalue weighted by atomic mass is 32.2. The fraction of sp³-hybridized carbons (Fsp3) is 0.750. The van der Waals surface area contributed by atoms with Gasteiger partial charge in [0, 0.05) is 29.9 Å². The van der Waals surface area contributed by atoms with Crippen LogP contribution in [0.15, 0.2) is 0 Å². The van der Waals surface area contributed by atoms with Crippen LogP contribution in [0.1, 0.15) is 43.3 Å². The topological polar surface area (TPSA) is 84.3 Å². The predicted molar refractivity (Wildman–Crippen MR) is 93.6 cm³/mol. The number of carbonyl (C=O) groups excluding carboxylic acids is 1. The first-order valence-corrected chi connectivity index (χ1v) is 10.1. The Kier molecular flexibility index (Phi) is 5.70. The maximum atomic E-state index is 12.2. The second-order valence-electron chi connectivity index (χ2n) is 6.94. The zero-order valence-electron chi connectivity index (χ0n) is 15.2. The molecule has 0 aromatic carbocycles. The number of hydrogen-bond donors (Lipinski definition) is 1. The Morgan fingerprint density at radius 1 is 1.42 bits per heavy atom. The third-order valence-electron chi connectivity index (χ3n) is 4.65. The lowest BCUT2D eigenvalue weighted by atomic mass is 10.2. The van der Waals surface area contributed by atoms with Gasteiger partial charge in [-0.25, -0.2) is 8.42 Å². The number of nitrogens with one attached hydrogen (secondary N) is 1. The molecular weight excluding hydrogens is 328 g/mol. The molecule has 0 aliphatic carbocycles. The zero-order chi connectivity index (χ0) is 18.1. The molecule has 0 saturated carbocycles. The molecule has 1 atom stereocenters. The smallest absolute Gasteiger partial charge is 0.234 e. The molecule has 1 aliphatic rings. The molecule has 24 heavy (non-hydrogen) atoms. The Morgan fingerprint density at radius 2 is 2.08 bits per heavy atom. The van der Waals surface area contributed by atoms with Crippen LogP contribution in [0.2, 0.25) is 0 Å². The molecule has 7 nitrogen and oxygen atoms in total. The van der Waals surface area contributed by atoms with E-state index in [0.29, 0.717) is 13.0 Å². The van der Waals surface area contributed by atoms with Crippen LogP contribution in [0.25, 0.3) is 0 Å². The highest BCUT2D eigenvalue weighted by molar-refractivity contribution is 7.91. The fourth-order valence-corrected chi connectivity index (χ4v) is 4.98. The molecule has 1 fully saturated rings. The Hall–Kier alpha value is -1.41. The van der Waals surface area contributed by atoms with E-state index in [1.54, 1.807) is 7.05 Å². The summed E-state index contributed by atoms with van der Waals surface area (Å²) in [6.45, 7) is 8.76. The largest absolute Gasteiger partial charge is 0.351 e. The van der Waals surface area contributed by atoms with Crippen molar-refractivity contribution in [2.24, 2.45) is 0 Å². The predicted octanol–water partition coefficient (Wildman–Crippen LogP) is 0.816. The van der Waals surface area contributed by atoms with Crippen LogP contribution in [0.4, 0.5) is 0 Å². The monoisotopic (exact) mass is 356 g/mol. The van der Waals surface area contributed by atoms with Crippen LogP contribution in [0.5, 0.6) is 0 Å². The number of aryl methyl sites for hydroxylation is 1. The molecule has 1 aliphatic heterocycles. The second-order valence-corrected chi connectivity index (χ2v) is 9.17. The molecule has 1 aromatic rings. The quantitative estimate of drug-likeness (QED) is 0.816. The highest BCUT2D eigenvalue weighted by Gasteiger charge is 2.31. The Balaban J connectivity index is 1.90. The molecule has 2 rings (SSSR count). The average Bonchev–Trinajstić information content (AvgIpc) is 2.97. The van der Waals surface area contributed by atoms with Crippen molar-refractivity contribution in [3.63, 3.8) is 0 Å². The molecule has 8 heteroatoms. The van der Waals surface area contributed by atoms with E-state index < -0.39 is 9.84 Å².